The molecule has 1 aliphatic rings. The highest BCUT2D eigenvalue weighted by Crippen LogP contribution is 2.33. The van der Waals surface area contributed by atoms with Crippen molar-refractivity contribution in [3.8, 4) is 5.75 Å². The lowest BCUT2D eigenvalue weighted by Crippen LogP contribution is -2.34. The second-order valence-electron chi connectivity index (χ2n) is 4.38. The second kappa shape index (κ2) is 5.67. The van der Waals surface area contributed by atoms with E-state index in [1.54, 1.807) is 12.1 Å². The van der Waals surface area contributed by atoms with Crippen molar-refractivity contribution in [2.75, 3.05) is 0 Å². The Morgan fingerprint density at radius 1 is 1.39 bits per heavy atom. The van der Waals surface area contributed by atoms with Crippen LogP contribution in [0.2, 0.25) is 0 Å². The Labute approximate surface area is 113 Å². The third-order valence-corrected chi connectivity index (χ3v) is 3.56. The number of rotatable bonds is 3. The van der Waals surface area contributed by atoms with Crippen LogP contribution in [-0.4, -0.2) is 22.2 Å². The summed E-state index contributed by atoms with van der Waals surface area (Å²) in [6, 6.07) is 4.66. The molecule has 5 nitrogen and oxygen atoms in total. The largest absolute Gasteiger partial charge is 0.481 e. The summed E-state index contributed by atoms with van der Waals surface area (Å²) in [7, 11) is 0. The van der Waals surface area contributed by atoms with E-state index < -0.39 is 11.0 Å². The number of halogens is 1. The highest BCUT2D eigenvalue weighted by molar-refractivity contribution is 9.10. The molecule has 1 aromatic rings. The number of hydrogen-bond donors (Lipinski definition) is 1. The van der Waals surface area contributed by atoms with Crippen molar-refractivity contribution in [2.45, 2.75) is 37.9 Å². The summed E-state index contributed by atoms with van der Waals surface area (Å²) in [4.78, 5) is 10.5. The van der Waals surface area contributed by atoms with E-state index in [0.29, 0.717) is 10.9 Å². The Kier molecular flexibility index (Phi) is 4.19. The minimum atomic E-state index is -0.540. The van der Waals surface area contributed by atoms with Crippen molar-refractivity contribution in [1.82, 2.24) is 0 Å². The van der Waals surface area contributed by atoms with Crippen molar-refractivity contribution in [2.24, 2.45) is 0 Å². The van der Waals surface area contributed by atoms with Crippen molar-refractivity contribution < 1.29 is 14.8 Å². The first-order chi connectivity index (χ1) is 8.58. The third-order valence-electron chi connectivity index (χ3n) is 3.06. The molecule has 6 heteroatoms. The van der Waals surface area contributed by atoms with Gasteiger partial charge in [-0.3, -0.25) is 10.1 Å². The van der Waals surface area contributed by atoms with Crippen LogP contribution >= 0.6 is 15.9 Å². The second-order valence-corrected chi connectivity index (χ2v) is 5.29. The van der Waals surface area contributed by atoms with Gasteiger partial charge < -0.3 is 9.84 Å². The lowest BCUT2D eigenvalue weighted by atomic mass is 9.95. The molecule has 18 heavy (non-hydrogen) atoms. The van der Waals surface area contributed by atoms with Crippen molar-refractivity contribution in [1.29, 1.82) is 0 Å². The van der Waals surface area contributed by atoms with Gasteiger partial charge in [0.2, 0.25) is 0 Å². The van der Waals surface area contributed by atoms with Crippen LogP contribution in [-0.2, 0) is 0 Å². The van der Waals surface area contributed by atoms with Gasteiger partial charge in [0, 0.05) is 10.5 Å². The number of aliphatic hydroxyl groups excluding tert-OH is 1. The normalized spacial score (nSPS) is 23.7. The van der Waals surface area contributed by atoms with Crippen LogP contribution in [0.3, 0.4) is 0 Å². The van der Waals surface area contributed by atoms with Crippen LogP contribution in [0.4, 0.5) is 5.69 Å². The molecule has 1 fully saturated rings. The fourth-order valence-electron chi connectivity index (χ4n) is 2.11. The highest BCUT2D eigenvalue weighted by Gasteiger charge is 2.27. The minimum Gasteiger partial charge on any atom is -0.481 e. The standard InChI is InChI=1S/C12H14BrNO4/c13-8-5-6-11(9(7-8)14(16)17)18-12-4-2-1-3-10(12)15/h5-7,10,12,15H,1-4H2/t10-,12-/m0/s1. The number of benzene rings is 1. The molecule has 0 aliphatic heterocycles. The third kappa shape index (κ3) is 3.00. The molecular weight excluding hydrogens is 302 g/mol. The molecule has 0 amide bonds. The van der Waals surface area contributed by atoms with Gasteiger partial charge in [-0.15, -0.1) is 0 Å². The van der Waals surface area contributed by atoms with Gasteiger partial charge in [-0.05, 0) is 31.4 Å². The summed E-state index contributed by atoms with van der Waals surface area (Å²) in [6.45, 7) is 0. The fourth-order valence-corrected chi connectivity index (χ4v) is 2.46. The van der Waals surface area contributed by atoms with Crippen LogP contribution in [0.25, 0.3) is 0 Å². The van der Waals surface area contributed by atoms with E-state index in [4.69, 9.17) is 4.74 Å². The molecule has 1 N–H and O–H groups in total. The smallest absolute Gasteiger partial charge is 0.312 e. The average molecular weight is 316 g/mol. The maximum absolute atomic E-state index is 10.9. The van der Waals surface area contributed by atoms with Gasteiger partial charge in [0.25, 0.3) is 0 Å². The van der Waals surface area contributed by atoms with E-state index in [1.807, 2.05) is 0 Å². The minimum absolute atomic E-state index is 0.0813. The molecule has 98 valence electrons. The predicted octanol–water partition coefficient (Wildman–Crippen LogP) is 3.04. The maximum atomic E-state index is 10.9. The maximum Gasteiger partial charge on any atom is 0.312 e. The Hall–Kier alpha value is -1.14. The summed E-state index contributed by atoms with van der Waals surface area (Å²) in [6.07, 6.45) is 2.49. The number of nitro benzene ring substituents is 1. The summed E-state index contributed by atoms with van der Waals surface area (Å²) >= 11 is 3.19. The highest BCUT2D eigenvalue weighted by atomic mass is 79.9. The molecule has 0 saturated heterocycles. The van der Waals surface area contributed by atoms with Crippen molar-refractivity contribution in [3.05, 3.63) is 32.8 Å². The van der Waals surface area contributed by atoms with E-state index in [9.17, 15) is 15.2 Å². The molecule has 2 atom stereocenters. The van der Waals surface area contributed by atoms with Crippen LogP contribution in [0.15, 0.2) is 22.7 Å². The number of nitrogens with zero attached hydrogens (tertiary/aromatic N) is 1. The van der Waals surface area contributed by atoms with Gasteiger partial charge in [-0.2, -0.15) is 0 Å². The first kappa shape index (κ1) is 13.3. The van der Waals surface area contributed by atoms with Crippen LogP contribution in [0.5, 0.6) is 5.75 Å². The molecule has 0 unspecified atom stereocenters. The molecule has 1 aromatic carbocycles. The first-order valence-corrected chi connectivity index (χ1v) is 6.66. The van der Waals surface area contributed by atoms with Gasteiger partial charge >= 0.3 is 5.69 Å². The van der Waals surface area contributed by atoms with Gasteiger partial charge in [-0.1, -0.05) is 22.4 Å². The Bertz CT molecular complexity index is 452. The molecule has 0 heterocycles. The number of nitro groups is 1. The Morgan fingerprint density at radius 3 is 2.78 bits per heavy atom. The van der Waals surface area contributed by atoms with E-state index in [0.717, 1.165) is 19.3 Å². The van der Waals surface area contributed by atoms with Crippen LogP contribution in [0.1, 0.15) is 25.7 Å². The molecule has 1 aliphatic carbocycles. The van der Waals surface area contributed by atoms with Gasteiger partial charge in [0.05, 0.1) is 11.0 Å². The Balaban J connectivity index is 2.20. The van der Waals surface area contributed by atoms with E-state index in [-0.39, 0.29) is 17.5 Å². The summed E-state index contributed by atoms with van der Waals surface area (Å²) < 4.78 is 6.23. The SMILES string of the molecule is O=[N+]([O-])c1cc(Br)ccc1O[C@H]1CCCC[C@@H]1O. The van der Waals surface area contributed by atoms with Gasteiger partial charge in [0.15, 0.2) is 5.75 Å². The number of hydrogen-bond acceptors (Lipinski definition) is 4. The lowest BCUT2D eigenvalue weighted by Gasteiger charge is -2.27. The van der Waals surface area contributed by atoms with Crippen molar-refractivity contribution >= 4 is 21.6 Å². The van der Waals surface area contributed by atoms with Crippen LogP contribution in [0, 0.1) is 10.1 Å². The van der Waals surface area contributed by atoms with Crippen LogP contribution < -0.4 is 4.74 Å². The molecule has 0 aromatic heterocycles. The molecule has 2 rings (SSSR count). The van der Waals surface area contributed by atoms with E-state index >= 15 is 0 Å². The molecule has 0 radical (unpaired) electrons. The zero-order chi connectivity index (χ0) is 13.1. The van der Waals surface area contributed by atoms with Gasteiger partial charge in [0.1, 0.15) is 6.10 Å². The van der Waals surface area contributed by atoms with E-state index in [2.05, 4.69) is 15.9 Å². The zero-order valence-electron chi connectivity index (χ0n) is 9.71. The summed E-state index contributed by atoms with van der Waals surface area (Å²) in [5.74, 6) is 0.217. The van der Waals surface area contributed by atoms with E-state index in [1.165, 1.54) is 6.07 Å². The summed E-state index contributed by atoms with van der Waals surface area (Å²) in [5, 5.41) is 20.7. The zero-order valence-corrected chi connectivity index (χ0v) is 11.3. The topological polar surface area (TPSA) is 72.6 Å². The Morgan fingerprint density at radius 2 is 2.11 bits per heavy atom. The predicted molar refractivity (Wildman–Crippen MR) is 69.7 cm³/mol. The molecule has 0 bridgehead atoms. The van der Waals surface area contributed by atoms with Gasteiger partial charge in [-0.25, -0.2) is 0 Å². The monoisotopic (exact) mass is 315 g/mol. The quantitative estimate of drug-likeness (QED) is 0.687. The molecular formula is C12H14BrNO4. The van der Waals surface area contributed by atoms with Crippen molar-refractivity contribution in [3.63, 3.8) is 0 Å². The molecule has 1 saturated carbocycles. The average Bonchev–Trinajstić information content (AvgIpc) is 2.34. The first-order valence-electron chi connectivity index (χ1n) is 5.86. The fraction of sp³-hybridized carbons (Fsp3) is 0.500. The number of aliphatic hydroxyl groups is 1. The number of ether oxygens (including phenoxy) is 1. The summed E-state index contributed by atoms with van der Waals surface area (Å²) in [5.41, 5.74) is -0.0813. The lowest BCUT2D eigenvalue weighted by molar-refractivity contribution is -0.386. The molecule has 0 spiro atoms.